The SMILES string of the molecule is C=Cc1ccc(N(CCO[Si](C)(C)C(C)(C)C)CCO[Si](C)(C)C(C)(C)C)cc1. The molecule has 1 aromatic rings. The van der Waals surface area contributed by atoms with Gasteiger partial charge in [-0.15, -0.1) is 0 Å². The maximum Gasteiger partial charge on any atom is 0.192 e. The van der Waals surface area contributed by atoms with Gasteiger partial charge in [-0.3, -0.25) is 0 Å². The van der Waals surface area contributed by atoms with Crippen molar-refractivity contribution in [3.63, 3.8) is 0 Å². The quantitative estimate of drug-likeness (QED) is 0.363. The first-order valence-electron chi connectivity index (χ1n) is 10.9. The third-order valence-electron chi connectivity index (χ3n) is 6.75. The summed E-state index contributed by atoms with van der Waals surface area (Å²) in [6.07, 6.45) is 1.88. The van der Waals surface area contributed by atoms with Crippen LogP contribution >= 0.6 is 0 Å². The van der Waals surface area contributed by atoms with Gasteiger partial charge in [0.05, 0.1) is 13.2 Å². The lowest BCUT2D eigenvalue weighted by atomic mass is 10.2. The minimum absolute atomic E-state index is 0.231. The van der Waals surface area contributed by atoms with E-state index in [1.165, 1.54) is 5.69 Å². The van der Waals surface area contributed by atoms with Crippen LogP contribution in [0.15, 0.2) is 30.8 Å². The molecule has 0 spiro atoms. The lowest BCUT2D eigenvalue weighted by Gasteiger charge is -2.38. The molecule has 0 aromatic heterocycles. The minimum atomic E-state index is -1.74. The zero-order valence-corrected chi connectivity index (χ0v) is 22.7. The van der Waals surface area contributed by atoms with Crippen molar-refractivity contribution in [1.29, 1.82) is 0 Å². The zero-order valence-electron chi connectivity index (χ0n) is 20.7. The molecule has 0 aliphatic heterocycles. The van der Waals surface area contributed by atoms with Gasteiger partial charge in [0.25, 0.3) is 0 Å². The van der Waals surface area contributed by atoms with Crippen molar-refractivity contribution in [2.45, 2.75) is 77.8 Å². The first kappa shape index (κ1) is 26.1. The molecule has 5 heteroatoms. The number of nitrogens with zero attached hydrogens (tertiary/aromatic N) is 1. The fourth-order valence-corrected chi connectivity index (χ4v) is 4.52. The van der Waals surface area contributed by atoms with Gasteiger partial charge in [-0.05, 0) is 54.0 Å². The normalized spacial score (nSPS) is 13.4. The highest BCUT2D eigenvalue weighted by Crippen LogP contribution is 2.37. The molecule has 0 bridgehead atoms. The number of rotatable bonds is 10. The standard InChI is InChI=1S/C24H45NO2Si2/c1-12-21-13-15-22(16-14-21)25(17-19-26-28(8,9)23(2,3)4)18-20-27-29(10,11)24(5,6)7/h12-16H,1,17-20H2,2-11H3. The summed E-state index contributed by atoms with van der Waals surface area (Å²) in [5.41, 5.74) is 2.36. The second kappa shape index (κ2) is 9.95. The minimum Gasteiger partial charge on any atom is -0.415 e. The van der Waals surface area contributed by atoms with Crippen molar-refractivity contribution in [2.75, 3.05) is 31.2 Å². The van der Waals surface area contributed by atoms with Gasteiger partial charge in [-0.1, -0.05) is 66.3 Å². The zero-order chi connectivity index (χ0) is 22.5. The number of hydrogen-bond donors (Lipinski definition) is 0. The second-order valence-electron chi connectivity index (χ2n) is 11.0. The van der Waals surface area contributed by atoms with E-state index in [9.17, 15) is 0 Å². The van der Waals surface area contributed by atoms with E-state index in [2.05, 4.69) is 103 Å². The summed E-state index contributed by atoms with van der Waals surface area (Å²) < 4.78 is 12.9. The number of benzene rings is 1. The van der Waals surface area contributed by atoms with Crippen LogP contribution in [0.3, 0.4) is 0 Å². The van der Waals surface area contributed by atoms with Crippen molar-refractivity contribution in [3.05, 3.63) is 36.4 Å². The molecule has 0 fully saturated rings. The van der Waals surface area contributed by atoms with E-state index in [0.29, 0.717) is 0 Å². The van der Waals surface area contributed by atoms with Crippen LogP contribution in [-0.4, -0.2) is 42.9 Å². The average molecular weight is 436 g/mol. The van der Waals surface area contributed by atoms with Crippen LogP contribution in [0.5, 0.6) is 0 Å². The maximum atomic E-state index is 6.44. The van der Waals surface area contributed by atoms with Gasteiger partial charge >= 0.3 is 0 Å². The third kappa shape index (κ3) is 7.70. The summed E-state index contributed by atoms with van der Waals surface area (Å²) >= 11 is 0. The number of anilines is 1. The van der Waals surface area contributed by atoms with Gasteiger partial charge in [0, 0.05) is 18.8 Å². The summed E-state index contributed by atoms with van der Waals surface area (Å²) in [4.78, 5) is 2.40. The molecule has 0 radical (unpaired) electrons. The Morgan fingerprint density at radius 2 is 1.17 bits per heavy atom. The van der Waals surface area contributed by atoms with Crippen LogP contribution in [0.25, 0.3) is 6.08 Å². The van der Waals surface area contributed by atoms with Gasteiger partial charge in [0.1, 0.15) is 0 Å². The summed E-state index contributed by atoms with van der Waals surface area (Å²) in [6, 6.07) is 8.60. The Labute approximate surface area is 182 Å². The smallest absolute Gasteiger partial charge is 0.192 e. The molecule has 3 nitrogen and oxygen atoms in total. The largest absolute Gasteiger partial charge is 0.415 e. The van der Waals surface area contributed by atoms with E-state index >= 15 is 0 Å². The highest BCUT2D eigenvalue weighted by Gasteiger charge is 2.38. The molecule has 0 saturated heterocycles. The molecule has 0 amide bonds. The van der Waals surface area contributed by atoms with Crippen molar-refractivity contribution >= 4 is 28.4 Å². The van der Waals surface area contributed by atoms with Crippen LogP contribution in [0.2, 0.25) is 36.3 Å². The lowest BCUT2D eigenvalue weighted by Crippen LogP contribution is -2.44. The maximum absolute atomic E-state index is 6.44. The molecular formula is C24H45NO2Si2. The third-order valence-corrected chi connectivity index (χ3v) is 15.8. The van der Waals surface area contributed by atoms with Crippen LogP contribution in [0.4, 0.5) is 5.69 Å². The molecule has 0 saturated carbocycles. The highest BCUT2D eigenvalue weighted by atomic mass is 28.4. The molecule has 29 heavy (non-hydrogen) atoms. The van der Waals surface area contributed by atoms with Gasteiger partial charge in [-0.25, -0.2) is 0 Å². The van der Waals surface area contributed by atoms with E-state index in [0.717, 1.165) is 31.9 Å². The number of hydrogen-bond acceptors (Lipinski definition) is 3. The average Bonchev–Trinajstić information content (AvgIpc) is 2.58. The van der Waals surface area contributed by atoms with Crippen LogP contribution in [0.1, 0.15) is 47.1 Å². The Hall–Kier alpha value is -0.886. The Bertz CT molecular complexity index is 608. The molecule has 1 rings (SSSR count). The summed E-state index contributed by atoms with van der Waals surface area (Å²) in [5, 5.41) is 0.462. The van der Waals surface area contributed by atoms with E-state index in [1.807, 2.05) is 6.08 Å². The molecule has 166 valence electrons. The Balaban J connectivity index is 2.82. The Kier molecular flexibility index (Phi) is 8.97. The Morgan fingerprint density at radius 3 is 1.48 bits per heavy atom. The Morgan fingerprint density at radius 1 is 0.793 bits per heavy atom. The van der Waals surface area contributed by atoms with E-state index in [4.69, 9.17) is 8.85 Å². The predicted molar refractivity (Wildman–Crippen MR) is 135 cm³/mol. The summed E-state index contributed by atoms with van der Waals surface area (Å²) in [5.74, 6) is 0. The molecule has 0 heterocycles. The first-order chi connectivity index (χ1) is 13.1. The fraction of sp³-hybridized carbons (Fsp3) is 0.667. The van der Waals surface area contributed by atoms with E-state index < -0.39 is 16.6 Å². The van der Waals surface area contributed by atoms with Gasteiger partial charge in [0.2, 0.25) is 0 Å². The highest BCUT2D eigenvalue weighted by molar-refractivity contribution is 6.74. The topological polar surface area (TPSA) is 21.7 Å². The van der Waals surface area contributed by atoms with Crippen molar-refractivity contribution < 1.29 is 8.85 Å². The molecule has 0 atom stereocenters. The molecule has 0 unspecified atom stereocenters. The van der Waals surface area contributed by atoms with Crippen molar-refractivity contribution in [3.8, 4) is 0 Å². The van der Waals surface area contributed by atoms with Crippen LogP contribution in [0, 0.1) is 0 Å². The van der Waals surface area contributed by atoms with Crippen molar-refractivity contribution in [1.82, 2.24) is 0 Å². The predicted octanol–water partition coefficient (Wildman–Crippen LogP) is 7.18. The summed E-state index contributed by atoms with van der Waals surface area (Å²) in [6.45, 7) is 30.1. The first-order valence-corrected chi connectivity index (χ1v) is 16.7. The van der Waals surface area contributed by atoms with Gasteiger partial charge in [-0.2, -0.15) is 0 Å². The molecule has 1 aromatic carbocycles. The molecule has 0 aliphatic carbocycles. The molecular weight excluding hydrogens is 390 g/mol. The lowest BCUT2D eigenvalue weighted by molar-refractivity contribution is 0.276. The summed E-state index contributed by atoms with van der Waals surface area (Å²) in [7, 11) is -3.48. The molecule has 0 N–H and O–H groups in total. The van der Waals surface area contributed by atoms with Gasteiger partial charge in [0.15, 0.2) is 16.6 Å². The molecule has 0 aliphatic rings. The van der Waals surface area contributed by atoms with E-state index in [-0.39, 0.29) is 10.1 Å². The fourth-order valence-electron chi connectivity index (χ4n) is 2.45. The monoisotopic (exact) mass is 435 g/mol. The van der Waals surface area contributed by atoms with Gasteiger partial charge < -0.3 is 13.8 Å². The van der Waals surface area contributed by atoms with E-state index in [1.54, 1.807) is 0 Å². The van der Waals surface area contributed by atoms with Crippen LogP contribution < -0.4 is 4.90 Å². The van der Waals surface area contributed by atoms with Crippen molar-refractivity contribution in [2.24, 2.45) is 0 Å². The second-order valence-corrected chi connectivity index (χ2v) is 20.6. The van der Waals surface area contributed by atoms with Crippen LogP contribution in [-0.2, 0) is 8.85 Å².